The third-order valence-electron chi connectivity index (χ3n) is 2.59. The first-order valence-corrected chi connectivity index (χ1v) is 5.84. The Morgan fingerprint density at radius 2 is 2.12 bits per heavy atom. The van der Waals surface area contributed by atoms with E-state index in [-0.39, 0.29) is 12.1 Å². The second kappa shape index (κ2) is 5.46. The first-order chi connectivity index (χ1) is 7.47. The molecule has 4 heteroatoms. The number of aromatic nitrogens is 2. The van der Waals surface area contributed by atoms with Gasteiger partial charge in [0.05, 0.1) is 18.3 Å². The summed E-state index contributed by atoms with van der Waals surface area (Å²) in [5.74, 6) is 0. The van der Waals surface area contributed by atoms with Gasteiger partial charge in [-0.15, -0.1) is 0 Å². The van der Waals surface area contributed by atoms with E-state index in [9.17, 15) is 0 Å². The topological polar surface area (TPSA) is 41.3 Å². The van der Waals surface area contributed by atoms with Gasteiger partial charge in [0.1, 0.15) is 0 Å². The smallest absolute Gasteiger partial charge is 0.0558 e. The van der Waals surface area contributed by atoms with Crippen LogP contribution in [-0.2, 0) is 12.1 Å². The van der Waals surface area contributed by atoms with E-state index in [2.05, 4.69) is 43.9 Å². The van der Waals surface area contributed by atoms with Crippen LogP contribution in [0.5, 0.6) is 0 Å². The van der Waals surface area contributed by atoms with Crippen LogP contribution in [0.15, 0.2) is 12.4 Å². The van der Waals surface area contributed by atoms with Crippen LogP contribution in [0.2, 0.25) is 0 Å². The molecule has 4 nitrogen and oxygen atoms in total. The van der Waals surface area contributed by atoms with Crippen LogP contribution in [0.1, 0.15) is 33.3 Å². The SMILES string of the molecule is CCN(CCO)Cc1cnn(C(C)(C)C)c1. The summed E-state index contributed by atoms with van der Waals surface area (Å²) < 4.78 is 1.98. The molecule has 0 bridgehead atoms. The lowest BCUT2D eigenvalue weighted by Crippen LogP contribution is -2.26. The lowest BCUT2D eigenvalue weighted by Gasteiger charge is -2.20. The molecule has 0 aliphatic heterocycles. The van der Waals surface area contributed by atoms with Gasteiger partial charge in [0, 0.05) is 24.8 Å². The number of nitrogens with zero attached hydrogens (tertiary/aromatic N) is 3. The van der Waals surface area contributed by atoms with Crippen molar-refractivity contribution in [3.8, 4) is 0 Å². The minimum absolute atomic E-state index is 0.0340. The van der Waals surface area contributed by atoms with Crippen LogP contribution in [0.25, 0.3) is 0 Å². The Balaban J connectivity index is 2.64. The maximum absolute atomic E-state index is 8.92. The molecule has 0 aliphatic rings. The lowest BCUT2D eigenvalue weighted by atomic mass is 10.1. The van der Waals surface area contributed by atoms with Crippen molar-refractivity contribution in [1.29, 1.82) is 0 Å². The summed E-state index contributed by atoms with van der Waals surface area (Å²) in [6, 6.07) is 0. The molecule has 1 aromatic heterocycles. The predicted molar refractivity (Wildman–Crippen MR) is 65.3 cm³/mol. The molecular formula is C12H23N3O. The fourth-order valence-corrected chi connectivity index (χ4v) is 1.56. The van der Waals surface area contributed by atoms with E-state index in [1.54, 1.807) is 0 Å². The van der Waals surface area contributed by atoms with Crippen molar-refractivity contribution in [3.05, 3.63) is 18.0 Å². The molecule has 1 aromatic rings. The van der Waals surface area contributed by atoms with Gasteiger partial charge in [-0.1, -0.05) is 6.92 Å². The van der Waals surface area contributed by atoms with Gasteiger partial charge in [-0.25, -0.2) is 0 Å². The standard InChI is InChI=1S/C12H23N3O/c1-5-14(6-7-16)9-11-8-13-15(10-11)12(2,3)4/h8,10,16H,5-7,9H2,1-4H3. The zero-order chi connectivity index (χ0) is 12.2. The summed E-state index contributed by atoms with van der Waals surface area (Å²) in [7, 11) is 0. The molecule has 1 rings (SSSR count). The van der Waals surface area contributed by atoms with E-state index >= 15 is 0 Å². The minimum Gasteiger partial charge on any atom is -0.395 e. The molecule has 0 saturated heterocycles. The second-order valence-electron chi connectivity index (χ2n) is 5.06. The number of rotatable bonds is 5. The van der Waals surface area contributed by atoms with Gasteiger partial charge >= 0.3 is 0 Å². The Morgan fingerprint density at radius 3 is 2.56 bits per heavy atom. The lowest BCUT2D eigenvalue weighted by molar-refractivity contribution is 0.196. The predicted octanol–water partition coefficient (Wildman–Crippen LogP) is 1.45. The number of aliphatic hydroxyl groups excluding tert-OH is 1. The molecule has 0 unspecified atom stereocenters. The molecule has 92 valence electrons. The molecule has 0 atom stereocenters. The Hall–Kier alpha value is -0.870. The van der Waals surface area contributed by atoms with E-state index in [4.69, 9.17) is 5.11 Å². The highest BCUT2D eigenvalue weighted by molar-refractivity contribution is 5.05. The van der Waals surface area contributed by atoms with Gasteiger partial charge in [-0.05, 0) is 27.3 Å². The van der Waals surface area contributed by atoms with Crippen LogP contribution in [-0.4, -0.2) is 39.5 Å². The highest BCUT2D eigenvalue weighted by Crippen LogP contribution is 2.14. The number of aliphatic hydroxyl groups is 1. The number of hydrogen-bond donors (Lipinski definition) is 1. The van der Waals surface area contributed by atoms with E-state index in [0.717, 1.165) is 19.6 Å². The van der Waals surface area contributed by atoms with Crippen molar-refractivity contribution in [1.82, 2.24) is 14.7 Å². The first-order valence-electron chi connectivity index (χ1n) is 5.84. The largest absolute Gasteiger partial charge is 0.395 e. The zero-order valence-corrected chi connectivity index (χ0v) is 10.8. The fraction of sp³-hybridized carbons (Fsp3) is 0.750. The molecule has 0 spiro atoms. The van der Waals surface area contributed by atoms with Crippen molar-refractivity contribution in [2.24, 2.45) is 0 Å². The molecule has 0 saturated carbocycles. The third kappa shape index (κ3) is 3.61. The average molecular weight is 225 g/mol. The number of likely N-dealkylation sites (N-methyl/N-ethyl adjacent to an activating group) is 1. The summed E-state index contributed by atoms with van der Waals surface area (Å²) in [6.07, 6.45) is 3.99. The highest BCUT2D eigenvalue weighted by atomic mass is 16.3. The molecular weight excluding hydrogens is 202 g/mol. The van der Waals surface area contributed by atoms with Crippen LogP contribution < -0.4 is 0 Å². The van der Waals surface area contributed by atoms with Gasteiger partial charge in [0.25, 0.3) is 0 Å². The Morgan fingerprint density at radius 1 is 1.44 bits per heavy atom. The third-order valence-corrected chi connectivity index (χ3v) is 2.59. The number of hydrogen-bond acceptors (Lipinski definition) is 3. The average Bonchev–Trinajstić information content (AvgIpc) is 2.65. The molecule has 0 aliphatic carbocycles. The Labute approximate surface area is 97.9 Å². The van der Waals surface area contributed by atoms with E-state index < -0.39 is 0 Å². The van der Waals surface area contributed by atoms with Gasteiger partial charge in [0.2, 0.25) is 0 Å². The maximum Gasteiger partial charge on any atom is 0.0558 e. The Kier molecular flexibility index (Phi) is 4.50. The van der Waals surface area contributed by atoms with Gasteiger partial charge in [0.15, 0.2) is 0 Å². The molecule has 1 N–H and O–H groups in total. The zero-order valence-electron chi connectivity index (χ0n) is 10.8. The van der Waals surface area contributed by atoms with Crippen molar-refractivity contribution in [3.63, 3.8) is 0 Å². The van der Waals surface area contributed by atoms with Crippen molar-refractivity contribution >= 4 is 0 Å². The molecule has 16 heavy (non-hydrogen) atoms. The summed E-state index contributed by atoms with van der Waals surface area (Å²) in [5.41, 5.74) is 1.23. The van der Waals surface area contributed by atoms with E-state index in [0.29, 0.717) is 0 Å². The quantitative estimate of drug-likeness (QED) is 0.824. The van der Waals surface area contributed by atoms with Crippen molar-refractivity contribution < 1.29 is 5.11 Å². The van der Waals surface area contributed by atoms with Gasteiger partial charge < -0.3 is 5.11 Å². The van der Waals surface area contributed by atoms with E-state index in [1.165, 1.54) is 5.56 Å². The maximum atomic E-state index is 8.92. The molecule has 0 radical (unpaired) electrons. The second-order valence-corrected chi connectivity index (χ2v) is 5.06. The van der Waals surface area contributed by atoms with Crippen LogP contribution in [0.4, 0.5) is 0 Å². The van der Waals surface area contributed by atoms with Crippen LogP contribution >= 0.6 is 0 Å². The van der Waals surface area contributed by atoms with Crippen molar-refractivity contribution in [2.45, 2.75) is 39.8 Å². The summed E-state index contributed by atoms with van der Waals surface area (Å²) in [4.78, 5) is 2.20. The van der Waals surface area contributed by atoms with Crippen LogP contribution in [0.3, 0.4) is 0 Å². The van der Waals surface area contributed by atoms with E-state index in [1.807, 2.05) is 10.9 Å². The molecule has 0 fully saturated rings. The minimum atomic E-state index is 0.0340. The molecule has 0 amide bonds. The summed E-state index contributed by atoms with van der Waals surface area (Å²) >= 11 is 0. The fourth-order valence-electron chi connectivity index (χ4n) is 1.56. The molecule has 0 aromatic carbocycles. The molecule has 1 heterocycles. The van der Waals surface area contributed by atoms with Crippen molar-refractivity contribution in [2.75, 3.05) is 19.7 Å². The summed E-state index contributed by atoms with van der Waals surface area (Å²) in [6.45, 7) is 11.2. The Bertz CT molecular complexity index is 314. The first kappa shape index (κ1) is 13.2. The monoisotopic (exact) mass is 225 g/mol. The van der Waals surface area contributed by atoms with Crippen LogP contribution in [0, 0.1) is 0 Å². The van der Waals surface area contributed by atoms with Gasteiger partial charge in [-0.2, -0.15) is 5.10 Å². The normalized spacial score (nSPS) is 12.4. The summed E-state index contributed by atoms with van der Waals surface area (Å²) in [5, 5.41) is 13.3. The van der Waals surface area contributed by atoms with Gasteiger partial charge in [-0.3, -0.25) is 9.58 Å². The highest BCUT2D eigenvalue weighted by Gasteiger charge is 2.14.